The Balaban J connectivity index is 2.39. The monoisotopic (exact) mass is 262 g/mol. The summed E-state index contributed by atoms with van der Waals surface area (Å²) < 4.78 is 26.9. The van der Waals surface area contributed by atoms with E-state index in [4.69, 9.17) is 0 Å². The molecule has 0 heterocycles. The van der Waals surface area contributed by atoms with E-state index in [9.17, 15) is 8.78 Å². The van der Waals surface area contributed by atoms with Crippen molar-refractivity contribution in [3.63, 3.8) is 0 Å². The fraction of sp³-hybridized carbons (Fsp3) is 0.412. The average Bonchev–Trinajstić information content (AvgIpc) is 2.81. The first-order valence-corrected chi connectivity index (χ1v) is 6.79. The minimum absolute atomic E-state index is 0.175. The lowest BCUT2D eigenvalue weighted by molar-refractivity contribution is 0.505. The summed E-state index contributed by atoms with van der Waals surface area (Å²) in [6.45, 7) is 8.30. The van der Waals surface area contributed by atoms with Crippen LogP contribution in [0.25, 0.3) is 5.57 Å². The average molecular weight is 262 g/mol. The van der Waals surface area contributed by atoms with Crippen molar-refractivity contribution in [3.05, 3.63) is 52.6 Å². The highest BCUT2D eigenvalue weighted by Crippen LogP contribution is 2.36. The smallest absolute Gasteiger partial charge is 0.159 e. The second kappa shape index (κ2) is 5.28. The molecule has 1 aliphatic carbocycles. The zero-order valence-electron chi connectivity index (χ0n) is 11.9. The molecular formula is C17H20F2. The molecule has 0 saturated heterocycles. The van der Waals surface area contributed by atoms with E-state index in [-0.39, 0.29) is 5.92 Å². The van der Waals surface area contributed by atoms with Crippen molar-refractivity contribution in [2.75, 3.05) is 0 Å². The van der Waals surface area contributed by atoms with Crippen LogP contribution in [-0.4, -0.2) is 0 Å². The van der Waals surface area contributed by atoms with E-state index in [1.807, 2.05) is 19.9 Å². The van der Waals surface area contributed by atoms with Crippen molar-refractivity contribution in [1.29, 1.82) is 0 Å². The van der Waals surface area contributed by atoms with Gasteiger partial charge >= 0.3 is 0 Å². The highest BCUT2D eigenvalue weighted by molar-refractivity contribution is 5.75. The Morgan fingerprint density at radius 3 is 2.05 bits per heavy atom. The van der Waals surface area contributed by atoms with Gasteiger partial charge in [-0.2, -0.15) is 0 Å². The predicted octanol–water partition coefficient (Wildman–Crippen LogP) is 5.46. The molecule has 0 unspecified atom stereocenters. The third-order valence-electron chi connectivity index (χ3n) is 3.70. The summed E-state index contributed by atoms with van der Waals surface area (Å²) >= 11 is 0. The maximum Gasteiger partial charge on any atom is 0.159 e. The second-order valence-electron chi connectivity index (χ2n) is 5.77. The Labute approximate surface area is 113 Å². The molecule has 0 spiro atoms. The summed E-state index contributed by atoms with van der Waals surface area (Å²) in [5, 5.41) is 0. The fourth-order valence-electron chi connectivity index (χ4n) is 2.44. The molecule has 0 atom stereocenters. The second-order valence-corrected chi connectivity index (χ2v) is 5.77. The van der Waals surface area contributed by atoms with Crippen LogP contribution >= 0.6 is 0 Å². The first-order chi connectivity index (χ1) is 8.90. The van der Waals surface area contributed by atoms with Crippen LogP contribution in [0.4, 0.5) is 8.78 Å². The number of hydrogen-bond donors (Lipinski definition) is 0. The first-order valence-electron chi connectivity index (χ1n) is 6.79. The molecule has 2 rings (SSSR count). The van der Waals surface area contributed by atoms with Crippen LogP contribution in [0, 0.1) is 17.6 Å². The van der Waals surface area contributed by atoms with Gasteiger partial charge in [-0.05, 0) is 47.1 Å². The van der Waals surface area contributed by atoms with Crippen molar-refractivity contribution >= 4 is 5.57 Å². The van der Waals surface area contributed by atoms with E-state index in [0.717, 1.165) is 23.1 Å². The van der Waals surface area contributed by atoms with Crippen LogP contribution in [0.15, 0.2) is 29.9 Å². The Hall–Kier alpha value is -1.44. The summed E-state index contributed by atoms with van der Waals surface area (Å²) in [5.41, 5.74) is 4.16. The predicted molar refractivity (Wildman–Crippen MR) is 76.0 cm³/mol. The lowest BCUT2D eigenvalue weighted by Crippen LogP contribution is -2.00. The van der Waals surface area contributed by atoms with E-state index in [0.29, 0.717) is 5.92 Å². The Kier molecular flexibility index (Phi) is 3.88. The third kappa shape index (κ3) is 2.78. The molecule has 0 nitrogen and oxygen atoms in total. The van der Waals surface area contributed by atoms with Crippen LogP contribution in [0.2, 0.25) is 0 Å². The van der Waals surface area contributed by atoms with E-state index in [1.54, 1.807) is 0 Å². The molecular weight excluding hydrogens is 242 g/mol. The maximum absolute atomic E-state index is 13.5. The molecule has 1 aromatic rings. The van der Waals surface area contributed by atoms with E-state index >= 15 is 0 Å². The summed E-state index contributed by atoms with van der Waals surface area (Å²) in [5.74, 6) is -0.864. The zero-order valence-corrected chi connectivity index (χ0v) is 11.9. The molecule has 0 radical (unpaired) electrons. The van der Waals surface area contributed by atoms with Gasteiger partial charge in [0.25, 0.3) is 0 Å². The standard InChI is InChI=1S/C17H20F2/c1-10(2)12-5-6-13(7-12)15-9-17(19)16(18)8-14(15)11(3)4/h5-6,8-11H,7H2,1-4H3. The highest BCUT2D eigenvalue weighted by Gasteiger charge is 2.19. The van der Waals surface area contributed by atoms with Crippen molar-refractivity contribution in [1.82, 2.24) is 0 Å². The SMILES string of the molecule is CC(C)C1=CC=C(c2cc(F)c(F)cc2C(C)C)C1. The topological polar surface area (TPSA) is 0 Å². The first kappa shape index (κ1) is 14.0. The number of hydrogen-bond acceptors (Lipinski definition) is 0. The molecule has 0 aromatic heterocycles. The molecule has 0 bridgehead atoms. The molecule has 0 aliphatic heterocycles. The van der Waals surface area contributed by atoms with Crippen LogP contribution in [-0.2, 0) is 0 Å². The minimum atomic E-state index is -0.765. The van der Waals surface area contributed by atoms with Gasteiger partial charge in [0.15, 0.2) is 11.6 Å². The van der Waals surface area contributed by atoms with Gasteiger partial charge in [0, 0.05) is 0 Å². The normalized spacial score (nSPS) is 15.2. The number of allylic oxidation sites excluding steroid dienone is 4. The Bertz CT molecular complexity index is 549. The lowest BCUT2D eigenvalue weighted by Gasteiger charge is -2.16. The van der Waals surface area contributed by atoms with Crippen molar-refractivity contribution in [2.45, 2.75) is 40.0 Å². The van der Waals surface area contributed by atoms with Crippen LogP contribution in [0.5, 0.6) is 0 Å². The summed E-state index contributed by atoms with van der Waals surface area (Å²) in [4.78, 5) is 0. The van der Waals surface area contributed by atoms with Gasteiger partial charge in [0.2, 0.25) is 0 Å². The molecule has 0 amide bonds. The molecule has 1 aromatic carbocycles. The van der Waals surface area contributed by atoms with Gasteiger partial charge < -0.3 is 0 Å². The summed E-state index contributed by atoms with van der Waals surface area (Å²) in [7, 11) is 0. The number of benzene rings is 1. The van der Waals surface area contributed by atoms with E-state index in [1.165, 1.54) is 17.7 Å². The molecule has 102 valence electrons. The number of rotatable bonds is 3. The van der Waals surface area contributed by atoms with Gasteiger partial charge in [-0.15, -0.1) is 0 Å². The highest BCUT2D eigenvalue weighted by atomic mass is 19.2. The Morgan fingerprint density at radius 2 is 1.53 bits per heavy atom. The lowest BCUT2D eigenvalue weighted by atomic mass is 9.89. The third-order valence-corrected chi connectivity index (χ3v) is 3.70. The van der Waals surface area contributed by atoms with Gasteiger partial charge in [-0.1, -0.05) is 45.4 Å². The van der Waals surface area contributed by atoms with Crippen LogP contribution < -0.4 is 0 Å². The summed E-state index contributed by atoms with van der Waals surface area (Å²) in [6.07, 6.45) is 4.97. The molecule has 19 heavy (non-hydrogen) atoms. The maximum atomic E-state index is 13.5. The van der Waals surface area contributed by atoms with Gasteiger partial charge in [0.05, 0.1) is 0 Å². The molecule has 0 fully saturated rings. The molecule has 2 heteroatoms. The van der Waals surface area contributed by atoms with Gasteiger partial charge in [-0.25, -0.2) is 8.78 Å². The molecule has 0 N–H and O–H groups in total. The fourth-order valence-corrected chi connectivity index (χ4v) is 2.44. The van der Waals surface area contributed by atoms with Crippen molar-refractivity contribution in [3.8, 4) is 0 Å². The van der Waals surface area contributed by atoms with Crippen LogP contribution in [0.3, 0.4) is 0 Å². The van der Waals surface area contributed by atoms with Crippen molar-refractivity contribution < 1.29 is 8.78 Å². The van der Waals surface area contributed by atoms with Gasteiger partial charge in [0.1, 0.15) is 0 Å². The van der Waals surface area contributed by atoms with E-state index in [2.05, 4.69) is 19.9 Å². The molecule has 1 aliphatic rings. The molecule has 0 saturated carbocycles. The zero-order chi connectivity index (χ0) is 14.2. The minimum Gasteiger partial charge on any atom is -0.204 e. The van der Waals surface area contributed by atoms with Gasteiger partial charge in [-0.3, -0.25) is 0 Å². The van der Waals surface area contributed by atoms with E-state index < -0.39 is 11.6 Å². The van der Waals surface area contributed by atoms with Crippen molar-refractivity contribution in [2.24, 2.45) is 5.92 Å². The number of halogens is 2. The summed E-state index contributed by atoms with van der Waals surface area (Å²) in [6, 6.07) is 2.68. The van der Waals surface area contributed by atoms with Crippen LogP contribution in [0.1, 0.15) is 51.2 Å². The Morgan fingerprint density at radius 1 is 0.895 bits per heavy atom. The quantitative estimate of drug-likeness (QED) is 0.678. The largest absolute Gasteiger partial charge is 0.204 e.